The Labute approximate surface area is 165 Å². The van der Waals surface area contributed by atoms with Crippen molar-refractivity contribution in [2.75, 3.05) is 26.2 Å². The summed E-state index contributed by atoms with van der Waals surface area (Å²) in [6.45, 7) is 1.39. The highest BCUT2D eigenvalue weighted by Gasteiger charge is 2.32. The Bertz CT molecular complexity index is 917. The van der Waals surface area contributed by atoms with Gasteiger partial charge < -0.3 is 15.1 Å². The van der Waals surface area contributed by atoms with Crippen LogP contribution in [-0.2, 0) is 9.59 Å². The third-order valence-corrected chi connectivity index (χ3v) is 6.02. The van der Waals surface area contributed by atoms with Gasteiger partial charge in [-0.05, 0) is 31.0 Å². The number of hydrogen-bond donors (Lipinski definition) is 1. The van der Waals surface area contributed by atoms with Crippen molar-refractivity contribution < 1.29 is 18.8 Å². The summed E-state index contributed by atoms with van der Waals surface area (Å²) in [7, 11) is 0. The third kappa shape index (κ3) is 3.91. The molecule has 1 N–H and O–H groups in total. The molecule has 28 heavy (non-hydrogen) atoms. The van der Waals surface area contributed by atoms with E-state index >= 15 is 0 Å². The molecule has 1 aromatic heterocycles. The Kier molecular flexibility index (Phi) is 5.13. The molecule has 3 amide bonds. The van der Waals surface area contributed by atoms with E-state index in [2.05, 4.69) is 5.32 Å². The molecule has 0 unspecified atom stereocenters. The van der Waals surface area contributed by atoms with E-state index < -0.39 is 11.8 Å². The summed E-state index contributed by atoms with van der Waals surface area (Å²) >= 11 is 1.25. The van der Waals surface area contributed by atoms with Crippen LogP contribution < -0.4 is 5.32 Å². The Morgan fingerprint density at radius 1 is 0.964 bits per heavy atom. The van der Waals surface area contributed by atoms with Gasteiger partial charge in [0.25, 0.3) is 5.91 Å². The number of carbonyl (C=O) groups excluding carboxylic acids is 3. The maximum absolute atomic E-state index is 13.9. The molecule has 1 aromatic carbocycles. The van der Waals surface area contributed by atoms with Crippen molar-refractivity contribution in [3.63, 3.8) is 0 Å². The predicted octanol–water partition coefficient (Wildman–Crippen LogP) is 2.12. The molecule has 1 aliphatic heterocycles. The molecule has 0 spiro atoms. The van der Waals surface area contributed by atoms with Crippen LogP contribution in [0.2, 0.25) is 0 Å². The third-order valence-electron chi connectivity index (χ3n) is 4.92. The van der Waals surface area contributed by atoms with Gasteiger partial charge in [-0.3, -0.25) is 14.4 Å². The fraction of sp³-hybridized carbons (Fsp3) is 0.350. The van der Waals surface area contributed by atoms with Gasteiger partial charge in [0.15, 0.2) is 0 Å². The van der Waals surface area contributed by atoms with Crippen molar-refractivity contribution in [2.45, 2.75) is 18.9 Å². The molecule has 4 rings (SSSR count). The lowest BCUT2D eigenvalue weighted by atomic mass is 10.2. The normalized spacial score (nSPS) is 16.8. The summed E-state index contributed by atoms with van der Waals surface area (Å²) < 4.78 is 13.9. The van der Waals surface area contributed by atoms with Gasteiger partial charge in [0, 0.05) is 42.7 Å². The molecular weight excluding hydrogens is 381 g/mol. The van der Waals surface area contributed by atoms with E-state index in [-0.39, 0.29) is 17.8 Å². The molecule has 1 saturated heterocycles. The highest BCUT2D eigenvalue weighted by atomic mass is 32.1. The molecule has 8 heteroatoms. The minimum atomic E-state index is -0.560. The Morgan fingerprint density at radius 2 is 1.64 bits per heavy atom. The maximum atomic E-state index is 13.9. The number of nitrogens with one attached hydrogen (secondary N) is 1. The van der Waals surface area contributed by atoms with Crippen LogP contribution in [0.25, 0.3) is 10.4 Å². The van der Waals surface area contributed by atoms with Crippen molar-refractivity contribution in [1.29, 1.82) is 0 Å². The van der Waals surface area contributed by atoms with Crippen molar-refractivity contribution in [2.24, 2.45) is 0 Å². The van der Waals surface area contributed by atoms with Gasteiger partial charge in [0.05, 0.1) is 4.88 Å². The van der Waals surface area contributed by atoms with E-state index in [1.165, 1.54) is 22.3 Å². The lowest BCUT2D eigenvalue weighted by molar-refractivity contribution is -0.146. The van der Waals surface area contributed by atoms with E-state index in [1.807, 2.05) is 0 Å². The first-order chi connectivity index (χ1) is 13.5. The van der Waals surface area contributed by atoms with Crippen LogP contribution in [-0.4, -0.2) is 59.7 Å². The summed E-state index contributed by atoms with van der Waals surface area (Å²) in [5.74, 6) is -1.55. The number of halogens is 1. The van der Waals surface area contributed by atoms with Crippen LogP contribution in [0.4, 0.5) is 4.39 Å². The zero-order valence-corrected chi connectivity index (χ0v) is 16.0. The molecule has 1 aliphatic carbocycles. The highest BCUT2D eigenvalue weighted by Crippen LogP contribution is 2.30. The van der Waals surface area contributed by atoms with E-state index in [0.29, 0.717) is 41.5 Å². The smallest absolute Gasteiger partial charge is 0.312 e. The monoisotopic (exact) mass is 401 g/mol. The molecule has 1 saturated carbocycles. The number of amides is 3. The van der Waals surface area contributed by atoms with Crippen molar-refractivity contribution in [3.05, 3.63) is 47.1 Å². The first kappa shape index (κ1) is 18.6. The molecule has 146 valence electrons. The second kappa shape index (κ2) is 7.71. The van der Waals surface area contributed by atoms with Crippen LogP contribution in [0.5, 0.6) is 0 Å². The summed E-state index contributed by atoms with van der Waals surface area (Å²) in [5.41, 5.74) is 0.476. The highest BCUT2D eigenvalue weighted by molar-refractivity contribution is 7.17. The van der Waals surface area contributed by atoms with Gasteiger partial charge in [-0.1, -0.05) is 18.2 Å². The molecule has 6 nitrogen and oxygen atoms in total. The Balaban J connectivity index is 1.36. The summed E-state index contributed by atoms with van der Waals surface area (Å²) in [5, 5.41) is 2.69. The largest absolute Gasteiger partial charge is 0.345 e. The standard InChI is InChI=1S/C20H20FN3O3S/c21-15-4-2-1-3-14(15)16-7-8-17(28-16)19(26)23-9-11-24(12-10-23)20(27)18(25)22-13-5-6-13/h1-4,7-8,13H,5-6,9-12H2,(H,22,25). The van der Waals surface area contributed by atoms with Crippen LogP contribution in [0, 0.1) is 5.82 Å². The fourth-order valence-electron chi connectivity index (χ4n) is 3.15. The van der Waals surface area contributed by atoms with E-state index in [1.54, 1.807) is 35.2 Å². The number of carbonyl (C=O) groups is 3. The van der Waals surface area contributed by atoms with E-state index in [4.69, 9.17) is 0 Å². The second-order valence-electron chi connectivity index (χ2n) is 6.98. The molecule has 2 aromatic rings. The second-order valence-corrected chi connectivity index (χ2v) is 8.06. The number of benzene rings is 1. The van der Waals surface area contributed by atoms with Gasteiger partial charge in [-0.25, -0.2) is 4.39 Å². The molecule has 0 atom stereocenters. The van der Waals surface area contributed by atoms with Gasteiger partial charge in [-0.2, -0.15) is 0 Å². The minimum absolute atomic E-state index is 0.137. The van der Waals surface area contributed by atoms with Crippen LogP contribution in [0.1, 0.15) is 22.5 Å². The van der Waals surface area contributed by atoms with E-state index in [9.17, 15) is 18.8 Å². The number of thiophene rings is 1. The zero-order chi connectivity index (χ0) is 19.7. The van der Waals surface area contributed by atoms with Crippen LogP contribution >= 0.6 is 11.3 Å². The number of hydrogen-bond acceptors (Lipinski definition) is 4. The number of rotatable bonds is 3. The Hall–Kier alpha value is -2.74. The molecular formula is C20H20FN3O3S. The molecule has 2 fully saturated rings. The SMILES string of the molecule is O=C(NC1CC1)C(=O)N1CCN(C(=O)c2ccc(-c3ccccc3F)s2)CC1. The molecule has 0 radical (unpaired) electrons. The summed E-state index contributed by atoms with van der Waals surface area (Å²) in [6, 6.07) is 10.1. The first-order valence-electron chi connectivity index (χ1n) is 9.26. The van der Waals surface area contributed by atoms with Gasteiger partial charge in [0.1, 0.15) is 5.82 Å². The molecule has 2 aliphatic rings. The molecule has 0 bridgehead atoms. The average Bonchev–Trinajstić information content (AvgIpc) is 3.39. The van der Waals surface area contributed by atoms with Crippen molar-refractivity contribution >= 4 is 29.1 Å². The summed E-state index contributed by atoms with van der Waals surface area (Å²) in [4.78, 5) is 41.2. The van der Waals surface area contributed by atoms with Crippen molar-refractivity contribution in [1.82, 2.24) is 15.1 Å². The Morgan fingerprint density at radius 3 is 2.32 bits per heavy atom. The van der Waals surface area contributed by atoms with Gasteiger partial charge in [-0.15, -0.1) is 11.3 Å². The number of nitrogens with zero attached hydrogens (tertiary/aromatic N) is 2. The maximum Gasteiger partial charge on any atom is 0.312 e. The summed E-state index contributed by atoms with van der Waals surface area (Å²) in [6.07, 6.45) is 1.86. The zero-order valence-electron chi connectivity index (χ0n) is 15.2. The predicted molar refractivity (Wildman–Crippen MR) is 103 cm³/mol. The number of piperazine rings is 1. The van der Waals surface area contributed by atoms with Gasteiger partial charge in [0.2, 0.25) is 0 Å². The van der Waals surface area contributed by atoms with Crippen molar-refractivity contribution in [3.8, 4) is 10.4 Å². The van der Waals surface area contributed by atoms with Crippen LogP contribution in [0.3, 0.4) is 0 Å². The molecule has 2 heterocycles. The lowest BCUT2D eigenvalue weighted by Gasteiger charge is -2.34. The first-order valence-corrected chi connectivity index (χ1v) is 10.1. The topological polar surface area (TPSA) is 69.7 Å². The minimum Gasteiger partial charge on any atom is -0.345 e. The average molecular weight is 401 g/mol. The quantitative estimate of drug-likeness (QED) is 0.801. The fourth-order valence-corrected chi connectivity index (χ4v) is 4.15. The van der Waals surface area contributed by atoms with Gasteiger partial charge >= 0.3 is 11.8 Å². The van der Waals surface area contributed by atoms with Crippen LogP contribution in [0.15, 0.2) is 36.4 Å². The van der Waals surface area contributed by atoms with E-state index in [0.717, 1.165) is 12.8 Å². The lowest BCUT2D eigenvalue weighted by Crippen LogP contribution is -2.54.